The number of amides is 1. The zero-order valence-corrected chi connectivity index (χ0v) is 21.0. The molecule has 36 heavy (non-hydrogen) atoms. The van der Waals surface area contributed by atoms with E-state index in [-0.39, 0.29) is 41.4 Å². The highest BCUT2D eigenvalue weighted by atomic mass is 19.1. The Morgan fingerprint density at radius 3 is 2.44 bits per heavy atom. The van der Waals surface area contributed by atoms with Crippen LogP contribution in [0.25, 0.3) is 11.1 Å². The van der Waals surface area contributed by atoms with Crippen molar-refractivity contribution in [3.63, 3.8) is 0 Å². The van der Waals surface area contributed by atoms with E-state index in [9.17, 15) is 23.1 Å². The Hall–Kier alpha value is -2.58. The number of hydrogen-bond donors (Lipinski definition) is 1. The average Bonchev–Trinajstić information content (AvgIpc) is 3.32. The first-order valence-electron chi connectivity index (χ1n) is 12.7. The minimum absolute atomic E-state index is 0.113. The number of aliphatic hydroxyl groups excluding tert-OH is 1. The average molecular weight is 505 g/mol. The maximum absolute atomic E-state index is 14.9. The molecule has 2 aromatic rings. The Morgan fingerprint density at radius 2 is 1.81 bits per heavy atom. The smallest absolute Gasteiger partial charge is 0.254 e. The Morgan fingerprint density at radius 1 is 1.06 bits per heavy atom. The lowest BCUT2D eigenvalue weighted by Gasteiger charge is -2.34. The summed E-state index contributed by atoms with van der Waals surface area (Å²) >= 11 is 0. The maximum Gasteiger partial charge on any atom is 0.254 e. The van der Waals surface area contributed by atoms with Crippen molar-refractivity contribution in [3.05, 3.63) is 53.6 Å². The van der Waals surface area contributed by atoms with Crippen LogP contribution in [0.15, 0.2) is 36.4 Å². The first-order valence-corrected chi connectivity index (χ1v) is 12.7. The van der Waals surface area contributed by atoms with E-state index in [1.165, 1.54) is 30.3 Å². The van der Waals surface area contributed by atoms with E-state index in [1.54, 1.807) is 24.8 Å². The molecular formula is C28H35F3N2O3. The molecule has 1 amide bonds. The van der Waals surface area contributed by atoms with Gasteiger partial charge in [0.25, 0.3) is 5.91 Å². The van der Waals surface area contributed by atoms with E-state index in [1.807, 2.05) is 0 Å². The van der Waals surface area contributed by atoms with E-state index in [2.05, 4.69) is 4.90 Å². The van der Waals surface area contributed by atoms with Gasteiger partial charge >= 0.3 is 0 Å². The summed E-state index contributed by atoms with van der Waals surface area (Å²) in [5, 5.41) is 9.46. The third kappa shape index (κ3) is 6.40. The molecule has 0 aromatic heterocycles. The molecule has 0 aliphatic carbocycles. The van der Waals surface area contributed by atoms with Crippen molar-refractivity contribution in [3.8, 4) is 16.9 Å². The summed E-state index contributed by atoms with van der Waals surface area (Å²) in [6, 6.07) is 8.29. The summed E-state index contributed by atoms with van der Waals surface area (Å²) in [7, 11) is 0. The summed E-state index contributed by atoms with van der Waals surface area (Å²) in [4.78, 5) is 16.4. The molecule has 1 atom stereocenters. The van der Waals surface area contributed by atoms with Crippen molar-refractivity contribution < 1.29 is 27.8 Å². The normalized spacial score (nSPS) is 19.6. The van der Waals surface area contributed by atoms with Gasteiger partial charge in [-0.05, 0) is 88.4 Å². The second kappa shape index (κ2) is 11.2. The summed E-state index contributed by atoms with van der Waals surface area (Å²) in [5.41, 5.74) is -0.466. The zero-order chi connectivity index (χ0) is 25.9. The van der Waals surface area contributed by atoms with Crippen molar-refractivity contribution in [1.29, 1.82) is 0 Å². The summed E-state index contributed by atoms with van der Waals surface area (Å²) in [6.45, 7) is 5.94. The molecule has 8 heteroatoms. The third-order valence-corrected chi connectivity index (χ3v) is 7.09. The molecule has 0 bridgehead atoms. The molecule has 196 valence electrons. The molecule has 2 heterocycles. The number of alkyl halides is 1. The fraction of sp³-hybridized carbons (Fsp3) is 0.536. The van der Waals surface area contributed by atoms with Crippen LogP contribution in [0.4, 0.5) is 13.2 Å². The number of nitrogens with zero attached hydrogens (tertiary/aromatic N) is 2. The number of rotatable bonds is 8. The van der Waals surface area contributed by atoms with Crippen molar-refractivity contribution in [1.82, 2.24) is 9.80 Å². The second-order valence-corrected chi connectivity index (χ2v) is 10.6. The van der Waals surface area contributed by atoms with Crippen LogP contribution >= 0.6 is 0 Å². The topological polar surface area (TPSA) is 53.0 Å². The van der Waals surface area contributed by atoms with Gasteiger partial charge in [-0.25, -0.2) is 13.2 Å². The molecule has 2 aromatic carbocycles. The molecule has 1 N–H and O–H groups in total. The highest BCUT2D eigenvalue weighted by Gasteiger charge is 2.29. The van der Waals surface area contributed by atoms with E-state index < -0.39 is 17.3 Å². The number of carbonyl (C=O) groups is 1. The SMILES string of the molecule is CC(C)(F)CN1CCC(COc2ccc(-c3ccc(C(=O)N4CCC[C@@H]4CO)cc3F)cc2F)CC1. The van der Waals surface area contributed by atoms with Crippen molar-refractivity contribution in [2.75, 3.05) is 39.4 Å². The first kappa shape index (κ1) is 26.5. The van der Waals surface area contributed by atoms with Crippen LogP contribution in [-0.4, -0.2) is 71.9 Å². The van der Waals surface area contributed by atoms with E-state index in [0.29, 0.717) is 25.3 Å². The van der Waals surface area contributed by atoms with E-state index in [0.717, 1.165) is 38.8 Å². The monoisotopic (exact) mass is 504 g/mol. The highest BCUT2D eigenvalue weighted by Crippen LogP contribution is 2.30. The quantitative estimate of drug-likeness (QED) is 0.546. The fourth-order valence-electron chi connectivity index (χ4n) is 5.18. The van der Waals surface area contributed by atoms with Crippen LogP contribution in [0.5, 0.6) is 5.75 Å². The molecule has 4 rings (SSSR count). The van der Waals surface area contributed by atoms with Crippen LogP contribution in [0.1, 0.15) is 49.9 Å². The minimum Gasteiger partial charge on any atom is -0.490 e. The lowest BCUT2D eigenvalue weighted by molar-refractivity contribution is 0.0677. The largest absolute Gasteiger partial charge is 0.490 e. The van der Waals surface area contributed by atoms with Gasteiger partial charge in [-0.15, -0.1) is 0 Å². The molecule has 2 aliphatic rings. The Bertz CT molecular complexity index is 1060. The maximum atomic E-state index is 14.9. The van der Waals surface area contributed by atoms with Gasteiger partial charge in [-0.3, -0.25) is 4.79 Å². The van der Waals surface area contributed by atoms with Gasteiger partial charge in [0.05, 0.1) is 19.3 Å². The standard InChI is InChI=1S/C28H35F3N2O3/c1-28(2,31)18-32-12-9-19(10-13-32)17-36-26-8-6-20(14-25(26)30)23-7-5-21(15-24(23)29)27(35)33-11-3-4-22(33)16-34/h5-8,14-15,19,22,34H,3-4,9-13,16-18H2,1-2H3/t22-/m1/s1. The molecule has 0 radical (unpaired) electrons. The molecule has 2 fully saturated rings. The second-order valence-electron chi connectivity index (χ2n) is 10.6. The summed E-state index contributed by atoms with van der Waals surface area (Å²) < 4.78 is 49.3. The molecule has 2 saturated heterocycles. The fourth-order valence-corrected chi connectivity index (χ4v) is 5.18. The van der Waals surface area contributed by atoms with Crippen molar-refractivity contribution in [2.45, 2.75) is 51.2 Å². The Balaban J connectivity index is 1.36. The van der Waals surface area contributed by atoms with Gasteiger partial charge in [-0.1, -0.05) is 12.1 Å². The van der Waals surface area contributed by atoms with E-state index in [4.69, 9.17) is 4.74 Å². The lowest BCUT2D eigenvalue weighted by atomic mass is 9.96. The van der Waals surface area contributed by atoms with Gasteiger partial charge in [0.2, 0.25) is 0 Å². The summed E-state index contributed by atoms with van der Waals surface area (Å²) in [6.07, 6.45) is 3.26. The minimum atomic E-state index is -1.22. The number of hydrogen-bond acceptors (Lipinski definition) is 4. The van der Waals surface area contributed by atoms with Crippen LogP contribution in [0.2, 0.25) is 0 Å². The van der Waals surface area contributed by atoms with Crippen molar-refractivity contribution >= 4 is 5.91 Å². The molecule has 0 saturated carbocycles. The molecular weight excluding hydrogens is 469 g/mol. The third-order valence-electron chi connectivity index (χ3n) is 7.09. The van der Waals surface area contributed by atoms with Crippen LogP contribution in [0.3, 0.4) is 0 Å². The number of benzene rings is 2. The predicted octanol–water partition coefficient (Wildman–Crippen LogP) is 5.07. The highest BCUT2D eigenvalue weighted by molar-refractivity contribution is 5.95. The zero-order valence-electron chi connectivity index (χ0n) is 21.0. The number of piperidine rings is 1. The number of aliphatic hydroxyl groups is 1. The Labute approximate surface area is 210 Å². The van der Waals surface area contributed by atoms with Crippen LogP contribution in [0, 0.1) is 17.6 Å². The van der Waals surface area contributed by atoms with Crippen LogP contribution in [-0.2, 0) is 0 Å². The number of carbonyl (C=O) groups excluding carboxylic acids is 1. The number of likely N-dealkylation sites (tertiary alicyclic amines) is 2. The molecule has 0 unspecified atom stereocenters. The van der Waals surface area contributed by atoms with Gasteiger partial charge in [-0.2, -0.15) is 0 Å². The van der Waals surface area contributed by atoms with Gasteiger partial charge in [0.1, 0.15) is 11.5 Å². The summed E-state index contributed by atoms with van der Waals surface area (Å²) in [5.74, 6) is -1.12. The van der Waals surface area contributed by atoms with Gasteiger partial charge in [0.15, 0.2) is 11.6 Å². The van der Waals surface area contributed by atoms with Gasteiger partial charge < -0.3 is 19.6 Å². The van der Waals surface area contributed by atoms with Gasteiger partial charge in [0, 0.05) is 24.2 Å². The number of ether oxygens (including phenoxy) is 1. The molecule has 2 aliphatic heterocycles. The van der Waals surface area contributed by atoms with E-state index >= 15 is 0 Å². The van der Waals surface area contributed by atoms with Crippen LogP contribution < -0.4 is 4.74 Å². The lowest BCUT2D eigenvalue weighted by Crippen LogP contribution is -2.41. The number of halogens is 3. The Kier molecular flexibility index (Phi) is 8.25. The van der Waals surface area contributed by atoms with Crippen molar-refractivity contribution in [2.24, 2.45) is 5.92 Å². The molecule has 0 spiro atoms. The first-order chi connectivity index (χ1) is 17.1. The molecule has 5 nitrogen and oxygen atoms in total. The predicted molar refractivity (Wildman–Crippen MR) is 133 cm³/mol.